The fraction of sp³-hybridized carbons (Fsp3) is 0.222. The first kappa shape index (κ1) is 19.1. The van der Waals surface area contributed by atoms with Gasteiger partial charge in [-0.25, -0.2) is 0 Å². The van der Waals surface area contributed by atoms with Gasteiger partial charge in [-0.05, 0) is 43.7 Å². The van der Waals surface area contributed by atoms with Gasteiger partial charge in [0.2, 0.25) is 0 Å². The second kappa shape index (κ2) is 8.74. The summed E-state index contributed by atoms with van der Waals surface area (Å²) < 4.78 is 10.9. The zero-order chi connectivity index (χ0) is 18.4. The molecule has 1 amide bonds. The molecule has 0 spiro atoms. The lowest BCUT2D eigenvalue weighted by atomic mass is 10.2. The first-order chi connectivity index (χ1) is 11.9. The van der Waals surface area contributed by atoms with Gasteiger partial charge in [0.15, 0.2) is 18.1 Å². The highest BCUT2D eigenvalue weighted by molar-refractivity contribution is 6.32. The van der Waals surface area contributed by atoms with Crippen LogP contribution in [-0.2, 0) is 4.79 Å². The highest BCUT2D eigenvalue weighted by Crippen LogP contribution is 2.36. The highest BCUT2D eigenvalue weighted by Gasteiger charge is 2.14. The highest BCUT2D eigenvalue weighted by atomic mass is 35.5. The maximum atomic E-state index is 12.1. The standard InChI is InChI=1S/C18H17Cl2NO4/c1-3-24-16-7-12(9-22)6-15(20)18(16)25-10-17(23)21-13-5-4-11(2)14(19)8-13/h4-9H,3,10H2,1-2H3,(H,21,23). The van der Waals surface area contributed by atoms with Crippen LogP contribution in [0.3, 0.4) is 0 Å². The summed E-state index contributed by atoms with van der Waals surface area (Å²) >= 11 is 12.1. The number of amides is 1. The van der Waals surface area contributed by atoms with Gasteiger partial charge in [-0.3, -0.25) is 9.59 Å². The normalized spacial score (nSPS) is 10.2. The average Bonchev–Trinajstić information content (AvgIpc) is 2.57. The van der Waals surface area contributed by atoms with E-state index in [4.69, 9.17) is 32.7 Å². The topological polar surface area (TPSA) is 64.6 Å². The molecule has 0 unspecified atom stereocenters. The van der Waals surface area contributed by atoms with Crippen molar-refractivity contribution in [3.8, 4) is 11.5 Å². The molecule has 0 saturated heterocycles. The van der Waals surface area contributed by atoms with Crippen LogP contribution in [-0.4, -0.2) is 25.4 Å². The van der Waals surface area contributed by atoms with Crippen molar-refractivity contribution in [2.45, 2.75) is 13.8 Å². The van der Waals surface area contributed by atoms with E-state index in [9.17, 15) is 9.59 Å². The molecule has 0 fully saturated rings. The second-order valence-corrected chi connectivity index (χ2v) is 6.00. The molecule has 0 aliphatic carbocycles. The van der Waals surface area contributed by atoms with Crippen molar-refractivity contribution >= 4 is 41.1 Å². The first-order valence-electron chi connectivity index (χ1n) is 7.55. The van der Waals surface area contributed by atoms with E-state index in [2.05, 4.69) is 5.32 Å². The van der Waals surface area contributed by atoms with Crippen molar-refractivity contribution in [3.05, 3.63) is 51.5 Å². The number of ether oxygens (including phenoxy) is 2. The Morgan fingerprint density at radius 3 is 2.56 bits per heavy atom. The molecule has 0 aliphatic rings. The summed E-state index contributed by atoms with van der Waals surface area (Å²) in [7, 11) is 0. The summed E-state index contributed by atoms with van der Waals surface area (Å²) in [5.41, 5.74) is 1.84. The van der Waals surface area contributed by atoms with Crippen LogP contribution in [0, 0.1) is 6.92 Å². The Morgan fingerprint density at radius 2 is 1.92 bits per heavy atom. The molecule has 0 heterocycles. The Balaban J connectivity index is 2.08. The van der Waals surface area contributed by atoms with Gasteiger partial charge < -0.3 is 14.8 Å². The second-order valence-electron chi connectivity index (χ2n) is 5.18. The number of aryl methyl sites for hydroxylation is 1. The van der Waals surface area contributed by atoms with Gasteiger partial charge in [0.1, 0.15) is 6.29 Å². The lowest BCUT2D eigenvalue weighted by Crippen LogP contribution is -2.20. The average molecular weight is 382 g/mol. The minimum Gasteiger partial charge on any atom is -0.490 e. The molecule has 1 N–H and O–H groups in total. The number of hydrogen-bond donors (Lipinski definition) is 1. The van der Waals surface area contributed by atoms with E-state index in [1.165, 1.54) is 12.1 Å². The molecule has 0 aromatic heterocycles. The van der Waals surface area contributed by atoms with Gasteiger partial charge >= 0.3 is 0 Å². The molecule has 0 aliphatic heterocycles. The molecule has 0 saturated carbocycles. The summed E-state index contributed by atoms with van der Waals surface area (Å²) in [5.74, 6) is 0.146. The number of nitrogens with one attached hydrogen (secondary N) is 1. The van der Waals surface area contributed by atoms with Gasteiger partial charge in [0.25, 0.3) is 5.91 Å². The van der Waals surface area contributed by atoms with Crippen molar-refractivity contribution in [2.24, 2.45) is 0 Å². The molecule has 132 valence electrons. The van der Waals surface area contributed by atoms with Gasteiger partial charge in [-0.2, -0.15) is 0 Å². The van der Waals surface area contributed by atoms with Gasteiger partial charge in [0.05, 0.1) is 11.6 Å². The predicted octanol–water partition coefficient (Wildman–Crippen LogP) is 4.53. The summed E-state index contributed by atoms with van der Waals surface area (Å²) in [4.78, 5) is 23.0. The Hall–Kier alpha value is -2.24. The van der Waals surface area contributed by atoms with Crippen LogP contribution in [0.15, 0.2) is 30.3 Å². The third kappa shape index (κ3) is 5.11. The van der Waals surface area contributed by atoms with Gasteiger partial charge in [0, 0.05) is 16.3 Å². The summed E-state index contributed by atoms with van der Waals surface area (Å²) in [6.07, 6.45) is 0.659. The molecule has 2 rings (SSSR count). The van der Waals surface area contributed by atoms with Gasteiger partial charge in [-0.1, -0.05) is 29.3 Å². The van der Waals surface area contributed by atoms with Crippen molar-refractivity contribution in [3.63, 3.8) is 0 Å². The van der Waals surface area contributed by atoms with Crippen LogP contribution in [0.5, 0.6) is 11.5 Å². The number of rotatable bonds is 7. The third-order valence-electron chi connectivity index (χ3n) is 3.27. The maximum Gasteiger partial charge on any atom is 0.262 e. The van der Waals surface area contributed by atoms with Crippen molar-refractivity contribution < 1.29 is 19.1 Å². The van der Waals surface area contributed by atoms with E-state index in [-0.39, 0.29) is 23.3 Å². The monoisotopic (exact) mass is 381 g/mol. The fourth-order valence-corrected chi connectivity index (χ4v) is 2.52. The molecule has 7 heteroatoms. The summed E-state index contributed by atoms with van der Waals surface area (Å²) in [6, 6.07) is 8.17. The van der Waals surface area contributed by atoms with Crippen molar-refractivity contribution in [1.29, 1.82) is 0 Å². The number of aldehydes is 1. The van der Waals surface area contributed by atoms with Crippen LogP contribution < -0.4 is 14.8 Å². The van der Waals surface area contributed by atoms with Crippen molar-refractivity contribution in [2.75, 3.05) is 18.5 Å². The molecule has 5 nitrogen and oxygen atoms in total. The Bertz CT molecular complexity index is 793. The Labute approximate surface area is 155 Å². The summed E-state index contributed by atoms with van der Waals surface area (Å²) in [5, 5.41) is 3.44. The number of benzene rings is 2. The molecule has 0 bridgehead atoms. The number of halogens is 2. The van der Waals surface area contributed by atoms with E-state index in [0.717, 1.165) is 5.56 Å². The Morgan fingerprint density at radius 1 is 1.16 bits per heavy atom. The quantitative estimate of drug-likeness (QED) is 0.715. The zero-order valence-electron chi connectivity index (χ0n) is 13.8. The van der Waals surface area contributed by atoms with E-state index >= 15 is 0 Å². The van der Waals surface area contributed by atoms with E-state index in [0.29, 0.717) is 34.9 Å². The lowest BCUT2D eigenvalue weighted by Gasteiger charge is -2.14. The molecule has 2 aromatic carbocycles. The zero-order valence-corrected chi connectivity index (χ0v) is 15.3. The number of carbonyl (C=O) groups excluding carboxylic acids is 2. The molecule has 25 heavy (non-hydrogen) atoms. The summed E-state index contributed by atoms with van der Waals surface area (Å²) in [6.45, 7) is 3.76. The van der Waals surface area contributed by atoms with Crippen LogP contribution in [0.1, 0.15) is 22.8 Å². The van der Waals surface area contributed by atoms with E-state index in [1.807, 2.05) is 6.92 Å². The fourth-order valence-electron chi connectivity index (χ4n) is 2.06. The van der Waals surface area contributed by atoms with Crippen LogP contribution in [0.2, 0.25) is 10.0 Å². The lowest BCUT2D eigenvalue weighted by molar-refractivity contribution is -0.118. The smallest absolute Gasteiger partial charge is 0.262 e. The molecule has 0 atom stereocenters. The molecule has 2 aromatic rings. The van der Waals surface area contributed by atoms with Crippen LogP contribution in [0.4, 0.5) is 5.69 Å². The minimum absolute atomic E-state index is 0.194. The third-order valence-corrected chi connectivity index (χ3v) is 3.96. The number of hydrogen-bond acceptors (Lipinski definition) is 4. The van der Waals surface area contributed by atoms with Crippen LogP contribution in [0.25, 0.3) is 0 Å². The number of carbonyl (C=O) groups is 2. The molecular formula is C18H17Cl2NO4. The molecular weight excluding hydrogens is 365 g/mol. The maximum absolute atomic E-state index is 12.1. The Kier molecular flexibility index (Phi) is 6.67. The first-order valence-corrected chi connectivity index (χ1v) is 8.30. The minimum atomic E-state index is -0.377. The predicted molar refractivity (Wildman–Crippen MR) is 98.3 cm³/mol. The van der Waals surface area contributed by atoms with E-state index in [1.54, 1.807) is 25.1 Å². The SMILES string of the molecule is CCOc1cc(C=O)cc(Cl)c1OCC(=O)Nc1ccc(C)c(Cl)c1. The van der Waals surface area contributed by atoms with Gasteiger partial charge in [-0.15, -0.1) is 0 Å². The van der Waals surface area contributed by atoms with Crippen LogP contribution >= 0.6 is 23.2 Å². The largest absolute Gasteiger partial charge is 0.490 e. The van der Waals surface area contributed by atoms with E-state index < -0.39 is 0 Å². The van der Waals surface area contributed by atoms with Crippen molar-refractivity contribution in [1.82, 2.24) is 0 Å². The number of anilines is 1. The molecule has 0 radical (unpaired) electrons.